The second kappa shape index (κ2) is 7.31. The number of hydrogen-bond donors (Lipinski definition) is 2. The first kappa shape index (κ1) is 14.1. The summed E-state index contributed by atoms with van der Waals surface area (Å²) in [6, 6.07) is 7.84. The van der Waals surface area contributed by atoms with Crippen LogP contribution in [-0.2, 0) is 0 Å². The van der Waals surface area contributed by atoms with Crippen LogP contribution in [0.2, 0.25) is 5.02 Å². The first-order valence-electron chi connectivity index (χ1n) is 6.74. The molecule has 1 heterocycles. The molecule has 0 bridgehead atoms. The van der Waals surface area contributed by atoms with Crippen molar-refractivity contribution in [2.45, 2.75) is 19.3 Å². The second-order valence-corrected chi connectivity index (χ2v) is 5.05. The SMILES string of the molecule is CNCCCCCNc1ccnc2cc(Cl)ccc12. The quantitative estimate of drug-likeness (QED) is 0.758. The molecule has 0 amide bonds. The second-order valence-electron chi connectivity index (χ2n) is 4.61. The number of hydrogen-bond acceptors (Lipinski definition) is 3. The molecular formula is C15H20ClN3. The number of pyridine rings is 1. The fourth-order valence-electron chi connectivity index (χ4n) is 2.10. The molecular weight excluding hydrogens is 258 g/mol. The van der Waals surface area contributed by atoms with Gasteiger partial charge in [-0.1, -0.05) is 18.0 Å². The third-order valence-electron chi connectivity index (χ3n) is 3.12. The molecule has 4 heteroatoms. The summed E-state index contributed by atoms with van der Waals surface area (Å²) in [4.78, 5) is 4.34. The smallest absolute Gasteiger partial charge is 0.0737 e. The first-order valence-corrected chi connectivity index (χ1v) is 7.12. The predicted octanol–water partition coefficient (Wildman–Crippen LogP) is 3.69. The minimum Gasteiger partial charge on any atom is -0.384 e. The molecule has 0 aliphatic heterocycles. The van der Waals surface area contributed by atoms with Gasteiger partial charge in [-0.3, -0.25) is 4.98 Å². The lowest BCUT2D eigenvalue weighted by Gasteiger charge is -2.09. The van der Waals surface area contributed by atoms with Crippen LogP contribution in [0.1, 0.15) is 19.3 Å². The molecule has 19 heavy (non-hydrogen) atoms. The Balaban J connectivity index is 1.93. The first-order chi connectivity index (χ1) is 9.31. The molecule has 2 aromatic rings. The van der Waals surface area contributed by atoms with Crippen LogP contribution < -0.4 is 10.6 Å². The number of unbranched alkanes of at least 4 members (excludes halogenated alkanes) is 2. The van der Waals surface area contributed by atoms with Gasteiger partial charge in [-0.25, -0.2) is 0 Å². The molecule has 102 valence electrons. The Labute approximate surface area is 119 Å². The molecule has 3 nitrogen and oxygen atoms in total. The van der Waals surface area contributed by atoms with E-state index in [1.54, 1.807) is 0 Å². The van der Waals surface area contributed by atoms with Crippen LogP contribution in [0.25, 0.3) is 10.9 Å². The van der Waals surface area contributed by atoms with E-state index in [1.165, 1.54) is 19.3 Å². The topological polar surface area (TPSA) is 37.0 Å². The molecule has 2 rings (SSSR count). The molecule has 0 saturated carbocycles. The van der Waals surface area contributed by atoms with Crippen LogP contribution in [0.15, 0.2) is 30.5 Å². The van der Waals surface area contributed by atoms with Crippen molar-refractivity contribution in [2.75, 3.05) is 25.5 Å². The highest BCUT2D eigenvalue weighted by Crippen LogP contribution is 2.24. The van der Waals surface area contributed by atoms with Gasteiger partial charge in [-0.2, -0.15) is 0 Å². The number of nitrogens with one attached hydrogen (secondary N) is 2. The van der Waals surface area contributed by atoms with E-state index in [0.29, 0.717) is 0 Å². The summed E-state index contributed by atoms with van der Waals surface area (Å²) in [5.74, 6) is 0. The normalized spacial score (nSPS) is 10.8. The number of aromatic nitrogens is 1. The van der Waals surface area contributed by atoms with E-state index in [4.69, 9.17) is 11.6 Å². The summed E-state index contributed by atoms with van der Waals surface area (Å²) in [7, 11) is 1.99. The van der Waals surface area contributed by atoms with Crippen molar-refractivity contribution in [3.8, 4) is 0 Å². The summed E-state index contributed by atoms with van der Waals surface area (Å²) in [6.07, 6.45) is 5.47. The number of benzene rings is 1. The van der Waals surface area contributed by atoms with Crippen molar-refractivity contribution < 1.29 is 0 Å². The van der Waals surface area contributed by atoms with Gasteiger partial charge >= 0.3 is 0 Å². The van der Waals surface area contributed by atoms with Gasteiger partial charge in [0.1, 0.15) is 0 Å². The number of nitrogens with zero attached hydrogens (tertiary/aromatic N) is 1. The summed E-state index contributed by atoms with van der Waals surface area (Å²) < 4.78 is 0. The highest BCUT2D eigenvalue weighted by atomic mass is 35.5. The van der Waals surface area contributed by atoms with E-state index in [1.807, 2.05) is 37.5 Å². The van der Waals surface area contributed by atoms with Crippen LogP contribution in [0, 0.1) is 0 Å². The van der Waals surface area contributed by atoms with Gasteiger partial charge in [-0.05, 0) is 50.7 Å². The van der Waals surface area contributed by atoms with E-state index in [0.717, 1.165) is 34.7 Å². The van der Waals surface area contributed by atoms with E-state index in [2.05, 4.69) is 15.6 Å². The monoisotopic (exact) mass is 277 g/mol. The molecule has 0 aliphatic rings. The Morgan fingerprint density at radius 2 is 1.95 bits per heavy atom. The van der Waals surface area contributed by atoms with Gasteiger partial charge in [0, 0.05) is 28.8 Å². The molecule has 1 aromatic carbocycles. The van der Waals surface area contributed by atoms with Crippen LogP contribution >= 0.6 is 11.6 Å². The van der Waals surface area contributed by atoms with Crippen molar-refractivity contribution in [1.29, 1.82) is 0 Å². The van der Waals surface area contributed by atoms with Crippen LogP contribution in [0.5, 0.6) is 0 Å². The van der Waals surface area contributed by atoms with Crippen molar-refractivity contribution in [3.63, 3.8) is 0 Å². The van der Waals surface area contributed by atoms with Gasteiger partial charge < -0.3 is 10.6 Å². The summed E-state index contributed by atoms with van der Waals surface area (Å²) in [5.41, 5.74) is 2.07. The Morgan fingerprint density at radius 1 is 1.11 bits per heavy atom. The Morgan fingerprint density at radius 3 is 2.79 bits per heavy atom. The van der Waals surface area contributed by atoms with Crippen molar-refractivity contribution in [3.05, 3.63) is 35.5 Å². The number of rotatable bonds is 7. The standard InChI is InChI=1S/C15H20ClN3/c1-17-8-3-2-4-9-18-14-7-10-19-15-11-12(16)5-6-13(14)15/h5-7,10-11,17H,2-4,8-9H2,1H3,(H,18,19). The van der Waals surface area contributed by atoms with Gasteiger partial charge in [0.25, 0.3) is 0 Å². The highest BCUT2D eigenvalue weighted by Gasteiger charge is 2.01. The lowest BCUT2D eigenvalue weighted by atomic mass is 10.2. The minimum absolute atomic E-state index is 0.726. The van der Waals surface area contributed by atoms with Crippen LogP contribution in [-0.4, -0.2) is 25.1 Å². The van der Waals surface area contributed by atoms with Crippen molar-refractivity contribution in [1.82, 2.24) is 10.3 Å². The molecule has 0 aliphatic carbocycles. The summed E-state index contributed by atoms with van der Waals surface area (Å²) >= 11 is 5.98. The van der Waals surface area contributed by atoms with E-state index >= 15 is 0 Å². The molecule has 0 radical (unpaired) electrons. The molecule has 0 atom stereocenters. The molecule has 1 aromatic heterocycles. The van der Waals surface area contributed by atoms with Gasteiger partial charge in [0.2, 0.25) is 0 Å². The van der Waals surface area contributed by atoms with E-state index < -0.39 is 0 Å². The molecule has 0 saturated heterocycles. The van der Waals surface area contributed by atoms with E-state index in [9.17, 15) is 0 Å². The fraction of sp³-hybridized carbons (Fsp3) is 0.400. The maximum Gasteiger partial charge on any atom is 0.0737 e. The largest absolute Gasteiger partial charge is 0.384 e. The zero-order valence-corrected chi connectivity index (χ0v) is 12.0. The molecule has 0 unspecified atom stereocenters. The molecule has 0 fully saturated rings. The zero-order chi connectivity index (χ0) is 13.5. The van der Waals surface area contributed by atoms with Crippen LogP contribution in [0.4, 0.5) is 5.69 Å². The zero-order valence-electron chi connectivity index (χ0n) is 11.2. The number of anilines is 1. The third kappa shape index (κ3) is 4.08. The summed E-state index contributed by atoms with van der Waals surface area (Å²) in [6.45, 7) is 2.09. The van der Waals surface area contributed by atoms with Gasteiger partial charge in [0.05, 0.1) is 5.52 Å². The molecule has 2 N–H and O–H groups in total. The number of halogens is 1. The predicted molar refractivity (Wildman–Crippen MR) is 83.0 cm³/mol. The average molecular weight is 278 g/mol. The van der Waals surface area contributed by atoms with Crippen molar-refractivity contribution in [2.24, 2.45) is 0 Å². The fourth-order valence-corrected chi connectivity index (χ4v) is 2.27. The Bertz CT molecular complexity index is 528. The Hall–Kier alpha value is -1.32. The highest BCUT2D eigenvalue weighted by molar-refractivity contribution is 6.31. The lowest BCUT2D eigenvalue weighted by molar-refractivity contribution is 0.655. The third-order valence-corrected chi connectivity index (χ3v) is 3.36. The minimum atomic E-state index is 0.726. The maximum atomic E-state index is 5.98. The van der Waals surface area contributed by atoms with Crippen molar-refractivity contribution >= 4 is 28.2 Å². The van der Waals surface area contributed by atoms with E-state index in [-0.39, 0.29) is 0 Å². The lowest BCUT2D eigenvalue weighted by Crippen LogP contribution is -2.08. The number of fused-ring (bicyclic) bond motifs is 1. The Kier molecular flexibility index (Phi) is 5.43. The average Bonchev–Trinajstić information content (AvgIpc) is 2.42. The van der Waals surface area contributed by atoms with Gasteiger partial charge in [0.15, 0.2) is 0 Å². The van der Waals surface area contributed by atoms with Crippen LogP contribution in [0.3, 0.4) is 0 Å². The molecule has 0 spiro atoms. The summed E-state index contributed by atoms with van der Waals surface area (Å²) in [5, 5.41) is 8.50. The maximum absolute atomic E-state index is 5.98. The van der Waals surface area contributed by atoms with Gasteiger partial charge in [-0.15, -0.1) is 0 Å².